The van der Waals surface area contributed by atoms with E-state index < -0.39 is 0 Å². The summed E-state index contributed by atoms with van der Waals surface area (Å²) in [5, 5.41) is 0. The summed E-state index contributed by atoms with van der Waals surface area (Å²) in [6.45, 7) is 2.47. The second-order valence-corrected chi connectivity index (χ2v) is 4.37. The van der Waals surface area contributed by atoms with Crippen molar-refractivity contribution in [2.75, 3.05) is 19.6 Å². The molecule has 3 nitrogen and oxygen atoms in total. The Balaban J connectivity index is 3.44. The molecule has 92 valence electrons. The van der Waals surface area contributed by atoms with Gasteiger partial charge in [-0.1, -0.05) is 32.1 Å². The number of rotatable bonds is 11. The van der Waals surface area contributed by atoms with Crippen molar-refractivity contribution in [3.05, 3.63) is 0 Å². The lowest BCUT2D eigenvalue weighted by Crippen LogP contribution is -2.10. The van der Waals surface area contributed by atoms with E-state index in [0.717, 1.165) is 38.4 Å². The Kier molecular flexibility index (Phi) is 11.9. The van der Waals surface area contributed by atoms with Crippen LogP contribution in [0.2, 0.25) is 0 Å². The Hall–Kier alpha value is -0.120. The second-order valence-electron chi connectivity index (χ2n) is 4.37. The summed E-state index contributed by atoms with van der Waals surface area (Å²) in [7, 11) is 0. The first-order chi connectivity index (χ1) is 7.35. The average molecular weight is 215 g/mol. The normalized spacial score (nSPS) is 13.0. The molecule has 15 heavy (non-hydrogen) atoms. The molecular formula is C12H29N3. The third-order valence-corrected chi connectivity index (χ3v) is 2.96. The van der Waals surface area contributed by atoms with Crippen molar-refractivity contribution in [2.45, 2.75) is 51.4 Å². The maximum Gasteiger partial charge on any atom is -0.00746 e. The number of unbranched alkanes of at least 4 members (excludes halogenated alkanes) is 3. The van der Waals surface area contributed by atoms with Crippen LogP contribution in [0.4, 0.5) is 0 Å². The summed E-state index contributed by atoms with van der Waals surface area (Å²) in [4.78, 5) is 0. The number of hydrogen-bond donors (Lipinski definition) is 3. The summed E-state index contributed by atoms with van der Waals surface area (Å²) >= 11 is 0. The third kappa shape index (κ3) is 10.2. The molecular weight excluding hydrogens is 186 g/mol. The van der Waals surface area contributed by atoms with Gasteiger partial charge in [0.05, 0.1) is 0 Å². The first-order valence-electron chi connectivity index (χ1n) is 6.45. The molecule has 0 fully saturated rings. The van der Waals surface area contributed by atoms with Crippen molar-refractivity contribution >= 4 is 0 Å². The summed E-state index contributed by atoms with van der Waals surface area (Å²) in [6.07, 6.45) is 9.96. The van der Waals surface area contributed by atoms with Crippen molar-refractivity contribution < 1.29 is 0 Å². The molecule has 0 aliphatic rings. The molecule has 0 bridgehead atoms. The minimum absolute atomic E-state index is 0.819. The van der Waals surface area contributed by atoms with Gasteiger partial charge in [0.2, 0.25) is 0 Å². The van der Waals surface area contributed by atoms with E-state index in [1.807, 2.05) is 0 Å². The highest BCUT2D eigenvalue weighted by molar-refractivity contribution is 4.61. The summed E-state index contributed by atoms with van der Waals surface area (Å²) < 4.78 is 0. The first-order valence-corrected chi connectivity index (χ1v) is 6.45. The molecule has 0 radical (unpaired) electrons. The molecule has 0 aromatic heterocycles. The molecule has 0 aromatic rings. The zero-order valence-electron chi connectivity index (χ0n) is 10.1. The summed E-state index contributed by atoms with van der Waals surface area (Å²) in [5.74, 6) is 0.819. The minimum atomic E-state index is 0.819. The van der Waals surface area contributed by atoms with Gasteiger partial charge >= 0.3 is 0 Å². The second kappa shape index (κ2) is 12.0. The van der Waals surface area contributed by atoms with Crippen molar-refractivity contribution in [1.82, 2.24) is 0 Å². The Morgan fingerprint density at radius 3 is 1.60 bits per heavy atom. The lowest BCUT2D eigenvalue weighted by atomic mass is 9.92. The molecule has 3 heteroatoms. The van der Waals surface area contributed by atoms with E-state index in [0.29, 0.717) is 0 Å². The molecule has 1 atom stereocenters. The largest absolute Gasteiger partial charge is 0.330 e. The zero-order chi connectivity index (χ0) is 11.4. The van der Waals surface area contributed by atoms with Crippen LogP contribution in [0.3, 0.4) is 0 Å². The fourth-order valence-corrected chi connectivity index (χ4v) is 2.00. The van der Waals surface area contributed by atoms with Crippen molar-refractivity contribution in [3.63, 3.8) is 0 Å². The standard InChI is InChI=1S/C12H29N3/c13-9-4-1-2-6-12(8-11-15)7-3-5-10-14/h12H,1-11,13-15H2. The van der Waals surface area contributed by atoms with Gasteiger partial charge in [-0.15, -0.1) is 0 Å². The van der Waals surface area contributed by atoms with Crippen molar-refractivity contribution in [1.29, 1.82) is 0 Å². The SMILES string of the molecule is NCCCCCC(CCN)CCCCN. The van der Waals surface area contributed by atoms with Crippen LogP contribution in [0.15, 0.2) is 0 Å². The van der Waals surface area contributed by atoms with Gasteiger partial charge in [-0.3, -0.25) is 0 Å². The van der Waals surface area contributed by atoms with Crippen LogP contribution >= 0.6 is 0 Å². The quantitative estimate of drug-likeness (QED) is 0.458. The first kappa shape index (κ1) is 14.9. The van der Waals surface area contributed by atoms with Crippen LogP contribution in [0.5, 0.6) is 0 Å². The van der Waals surface area contributed by atoms with Gasteiger partial charge in [-0.25, -0.2) is 0 Å². The minimum Gasteiger partial charge on any atom is -0.330 e. The van der Waals surface area contributed by atoms with Gasteiger partial charge in [-0.2, -0.15) is 0 Å². The molecule has 0 rings (SSSR count). The maximum atomic E-state index is 5.62. The molecule has 0 saturated heterocycles. The molecule has 0 aromatic carbocycles. The highest BCUT2D eigenvalue weighted by Crippen LogP contribution is 2.19. The Bertz CT molecular complexity index is 117. The molecule has 0 saturated carbocycles. The lowest BCUT2D eigenvalue weighted by Gasteiger charge is -2.15. The van der Waals surface area contributed by atoms with Gasteiger partial charge in [0.1, 0.15) is 0 Å². The highest BCUT2D eigenvalue weighted by Gasteiger charge is 2.06. The van der Waals surface area contributed by atoms with Crippen LogP contribution in [0, 0.1) is 5.92 Å². The Labute approximate surface area is 94.8 Å². The lowest BCUT2D eigenvalue weighted by molar-refractivity contribution is 0.392. The fraction of sp³-hybridized carbons (Fsp3) is 1.00. The predicted molar refractivity (Wildman–Crippen MR) is 67.6 cm³/mol. The number of nitrogens with two attached hydrogens (primary N) is 3. The molecule has 0 aliphatic carbocycles. The zero-order valence-corrected chi connectivity index (χ0v) is 10.1. The summed E-state index contributed by atoms with van der Waals surface area (Å²) in [6, 6.07) is 0. The van der Waals surface area contributed by atoms with E-state index in [1.54, 1.807) is 0 Å². The van der Waals surface area contributed by atoms with Crippen LogP contribution < -0.4 is 17.2 Å². The van der Waals surface area contributed by atoms with Crippen LogP contribution in [-0.2, 0) is 0 Å². The number of hydrogen-bond acceptors (Lipinski definition) is 3. The Morgan fingerprint density at radius 2 is 1.07 bits per heavy atom. The van der Waals surface area contributed by atoms with Gasteiger partial charge in [0.15, 0.2) is 0 Å². The summed E-state index contributed by atoms with van der Waals surface area (Å²) in [5.41, 5.74) is 16.6. The van der Waals surface area contributed by atoms with Gasteiger partial charge < -0.3 is 17.2 Å². The van der Waals surface area contributed by atoms with Crippen LogP contribution in [-0.4, -0.2) is 19.6 Å². The van der Waals surface area contributed by atoms with Crippen LogP contribution in [0.1, 0.15) is 51.4 Å². The van der Waals surface area contributed by atoms with E-state index in [4.69, 9.17) is 17.2 Å². The van der Waals surface area contributed by atoms with Gasteiger partial charge in [0, 0.05) is 0 Å². The van der Waals surface area contributed by atoms with E-state index in [9.17, 15) is 0 Å². The van der Waals surface area contributed by atoms with Gasteiger partial charge in [-0.05, 0) is 44.8 Å². The molecule has 0 heterocycles. The molecule has 0 amide bonds. The van der Waals surface area contributed by atoms with E-state index in [2.05, 4.69) is 0 Å². The molecule has 1 unspecified atom stereocenters. The van der Waals surface area contributed by atoms with Crippen molar-refractivity contribution in [2.24, 2.45) is 23.1 Å². The molecule has 6 N–H and O–H groups in total. The van der Waals surface area contributed by atoms with Crippen molar-refractivity contribution in [3.8, 4) is 0 Å². The fourth-order valence-electron chi connectivity index (χ4n) is 2.00. The third-order valence-electron chi connectivity index (χ3n) is 2.96. The van der Waals surface area contributed by atoms with E-state index in [-0.39, 0.29) is 0 Å². The van der Waals surface area contributed by atoms with E-state index in [1.165, 1.54) is 38.5 Å². The topological polar surface area (TPSA) is 78.1 Å². The predicted octanol–water partition coefficient (Wildman–Crippen LogP) is 1.60. The van der Waals surface area contributed by atoms with Gasteiger partial charge in [0.25, 0.3) is 0 Å². The Morgan fingerprint density at radius 1 is 0.533 bits per heavy atom. The average Bonchev–Trinajstić information content (AvgIpc) is 2.24. The molecule has 0 spiro atoms. The van der Waals surface area contributed by atoms with Crippen LogP contribution in [0.25, 0.3) is 0 Å². The highest BCUT2D eigenvalue weighted by atomic mass is 14.5. The molecule has 0 aliphatic heterocycles. The maximum absolute atomic E-state index is 5.62. The monoisotopic (exact) mass is 215 g/mol. The smallest absolute Gasteiger partial charge is 0.00746 e. The van der Waals surface area contributed by atoms with E-state index >= 15 is 0 Å².